The van der Waals surface area contributed by atoms with Crippen molar-refractivity contribution in [3.63, 3.8) is 0 Å². The third-order valence-corrected chi connectivity index (χ3v) is 3.90. The third kappa shape index (κ3) is 5.63. The molecule has 2 N–H and O–H groups in total. The minimum atomic E-state index is -1.08. The van der Waals surface area contributed by atoms with Crippen LogP contribution in [0.15, 0.2) is 18.2 Å². The molecule has 0 aliphatic carbocycles. The van der Waals surface area contributed by atoms with E-state index in [2.05, 4.69) is 5.32 Å². The fourth-order valence-corrected chi connectivity index (χ4v) is 2.71. The predicted octanol–water partition coefficient (Wildman–Crippen LogP) is 2.24. The molecule has 1 atom stereocenters. The fourth-order valence-electron chi connectivity index (χ4n) is 2.71. The second kappa shape index (κ2) is 8.20. The van der Waals surface area contributed by atoms with Gasteiger partial charge in [-0.1, -0.05) is 0 Å². The van der Waals surface area contributed by atoms with Gasteiger partial charge in [-0.05, 0) is 51.8 Å². The summed E-state index contributed by atoms with van der Waals surface area (Å²) < 4.78 is 16.5. The van der Waals surface area contributed by atoms with Crippen molar-refractivity contribution in [2.45, 2.75) is 45.3 Å². The Bertz CT molecular complexity index is 628. The molecule has 1 amide bonds. The molecule has 1 aromatic carbocycles. The number of carbonyl (C=O) groups excluding carboxylic acids is 1. The molecule has 1 heterocycles. The van der Waals surface area contributed by atoms with Gasteiger partial charge in [0.2, 0.25) is 0 Å². The highest BCUT2D eigenvalue weighted by atomic mass is 16.5. The number of hydrogen-bond donors (Lipinski definition) is 2. The van der Waals surface area contributed by atoms with E-state index in [-0.39, 0.29) is 17.6 Å². The summed E-state index contributed by atoms with van der Waals surface area (Å²) in [5, 5.41) is 11.6. The topological polar surface area (TPSA) is 94.1 Å². The van der Waals surface area contributed by atoms with Crippen LogP contribution in [0.3, 0.4) is 0 Å². The lowest BCUT2D eigenvalue weighted by atomic mass is 10.1. The standard InChI is InChI=1S/C18H25NO6/c1-4-23-15-9-12(5-6-14(15)24-11-16(20)21)17(22)19-10-13-7-8-18(2,3)25-13/h5-6,9,13H,4,7-8,10-11H2,1-3H3,(H,19,22)(H,20,21). The lowest BCUT2D eigenvalue weighted by Crippen LogP contribution is -2.33. The van der Waals surface area contributed by atoms with E-state index in [4.69, 9.17) is 19.3 Å². The quantitative estimate of drug-likeness (QED) is 0.746. The van der Waals surface area contributed by atoms with Crippen LogP contribution in [0.5, 0.6) is 11.5 Å². The van der Waals surface area contributed by atoms with Crippen molar-refractivity contribution in [3.8, 4) is 11.5 Å². The second-order valence-electron chi connectivity index (χ2n) is 6.53. The maximum absolute atomic E-state index is 12.3. The maximum atomic E-state index is 12.3. The maximum Gasteiger partial charge on any atom is 0.341 e. The van der Waals surface area contributed by atoms with Gasteiger partial charge in [-0.3, -0.25) is 4.79 Å². The Balaban J connectivity index is 1.99. The molecule has 1 fully saturated rings. The van der Waals surface area contributed by atoms with E-state index in [1.54, 1.807) is 19.1 Å². The zero-order chi connectivity index (χ0) is 18.4. The molecular weight excluding hydrogens is 326 g/mol. The molecule has 1 unspecified atom stereocenters. The lowest BCUT2D eigenvalue weighted by Gasteiger charge is -2.19. The number of ether oxygens (including phenoxy) is 3. The summed E-state index contributed by atoms with van der Waals surface area (Å²) in [6, 6.07) is 4.67. The van der Waals surface area contributed by atoms with Crippen molar-refractivity contribution in [1.29, 1.82) is 0 Å². The largest absolute Gasteiger partial charge is 0.490 e. The van der Waals surface area contributed by atoms with Crippen molar-refractivity contribution in [2.24, 2.45) is 0 Å². The van der Waals surface area contributed by atoms with Crippen LogP contribution in [-0.2, 0) is 9.53 Å². The van der Waals surface area contributed by atoms with Gasteiger partial charge in [-0.2, -0.15) is 0 Å². The van der Waals surface area contributed by atoms with Crippen LogP contribution >= 0.6 is 0 Å². The van der Waals surface area contributed by atoms with Gasteiger partial charge in [0.1, 0.15) is 0 Å². The number of aliphatic carboxylic acids is 1. The van der Waals surface area contributed by atoms with E-state index in [0.29, 0.717) is 30.2 Å². The second-order valence-corrected chi connectivity index (χ2v) is 6.53. The molecule has 0 bridgehead atoms. The first kappa shape index (κ1) is 19.1. The average Bonchev–Trinajstić information content (AvgIpc) is 2.90. The number of amides is 1. The molecule has 25 heavy (non-hydrogen) atoms. The zero-order valence-corrected chi connectivity index (χ0v) is 14.8. The van der Waals surface area contributed by atoms with Crippen molar-refractivity contribution in [1.82, 2.24) is 5.32 Å². The smallest absolute Gasteiger partial charge is 0.341 e. The fraction of sp³-hybridized carbons (Fsp3) is 0.556. The van der Waals surface area contributed by atoms with Gasteiger partial charge < -0.3 is 24.6 Å². The first-order valence-electron chi connectivity index (χ1n) is 8.38. The Hall–Kier alpha value is -2.28. The number of benzene rings is 1. The van der Waals surface area contributed by atoms with Crippen LogP contribution in [0.25, 0.3) is 0 Å². The lowest BCUT2D eigenvalue weighted by molar-refractivity contribution is -0.139. The van der Waals surface area contributed by atoms with E-state index >= 15 is 0 Å². The summed E-state index contributed by atoms with van der Waals surface area (Å²) in [6.07, 6.45) is 1.90. The van der Waals surface area contributed by atoms with Crippen LogP contribution < -0.4 is 14.8 Å². The molecular formula is C18H25NO6. The summed E-state index contributed by atoms with van der Waals surface area (Å²) in [7, 11) is 0. The first-order valence-corrected chi connectivity index (χ1v) is 8.38. The number of carbonyl (C=O) groups is 2. The average molecular weight is 351 g/mol. The van der Waals surface area contributed by atoms with Gasteiger partial charge in [0.15, 0.2) is 18.1 Å². The Kier molecular flexibility index (Phi) is 6.25. The Labute approximate surface area is 147 Å². The first-order chi connectivity index (χ1) is 11.8. The summed E-state index contributed by atoms with van der Waals surface area (Å²) in [6.45, 7) is 6.23. The van der Waals surface area contributed by atoms with Crippen LogP contribution in [0.2, 0.25) is 0 Å². The van der Waals surface area contributed by atoms with E-state index in [0.717, 1.165) is 12.8 Å². The highest BCUT2D eigenvalue weighted by Crippen LogP contribution is 2.30. The van der Waals surface area contributed by atoms with Crippen LogP contribution in [0, 0.1) is 0 Å². The predicted molar refractivity (Wildman–Crippen MR) is 91.3 cm³/mol. The highest BCUT2D eigenvalue weighted by molar-refractivity contribution is 5.94. The van der Waals surface area contributed by atoms with E-state index in [1.807, 2.05) is 13.8 Å². The molecule has 1 aliphatic rings. The van der Waals surface area contributed by atoms with E-state index in [1.165, 1.54) is 6.07 Å². The van der Waals surface area contributed by atoms with Crippen molar-refractivity contribution >= 4 is 11.9 Å². The van der Waals surface area contributed by atoms with Gasteiger partial charge in [0.25, 0.3) is 5.91 Å². The molecule has 138 valence electrons. The molecule has 1 aromatic rings. The number of carboxylic acids is 1. The Morgan fingerprint density at radius 1 is 1.32 bits per heavy atom. The Morgan fingerprint density at radius 3 is 2.68 bits per heavy atom. The third-order valence-electron chi connectivity index (χ3n) is 3.90. The van der Waals surface area contributed by atoms with Gasteiger partial charge >= 0.3 is 5.97 Å². The Morgan fingerprint density at radius 2 is 2.08 bits per heavy atom. The molecule has 0 radical (unpaired) electrons. The van der Waals surface area contributed by atoms with Crippen LogP contribution in [0.1, 0.15) is 44.0 Å². The normalized spacial score (nSPS) is 18.6. The number of nitrogens with one attached hydrogen (secondary N) is 1. The number of rotatable bonds is 8. The van der Waals surface area contributed by atoms with Crippen molar-refractivity contribution in [2.75, 3.05) is 19.8 Å². The van der Waals surface area contributed by atoms with Gasteiger partial charge in [0, 0.05) is 12.1 Å². The minimum Gasteiger partial charge on any atom is -0.490 e. The summed E-state index contributed by atoms with van der Waals surface area (Å²) in [5.41, 5.74) is 0.282. The highest BCUT2D eigenvalue weighted by Gasteiger charge is 2.31. The van der Waals surface area contributed by atoms with Crippen LogP contribution in [0.4, 0.5) is 0 Å². The summed E-state index contributed by atoms with van der Waals surface area (Å²) >= 11 is 0. The van der Waals surface area contributed by atoms with Crippen molar-refractivity contribution in [3.05, 3.63) is 23.8 Å². The van der Waals surface area contributed by atoms with Gasteiger partial charge in [-0.25, -0.2) is 4.79 Å². The molecule has 0 saturated carbocycles. The zero-order valence-electron chi connectivity index (χ0n) is 14.8. The number of hydrogen-bond acceptors (Lipinski definition) is 5. The molecule has 1 saturated heterocycles. The molecule has 1 aliphatic heterocycles. The molecule has 0 spiro atoms. The monoisotopic (exact) mass is 351 g/mol. The van der Waals surface area contributed by atoms with Crippen LogP contribution in [-0.4, -0.2) is 48.4 Å². The molecule has 7 heteroatoms. The summed E-state index contributed by atoms with van der Waals surface area (Å²) in [4.78, 5) is 23.0. The number of carboxylic acid groups (broad SMARTS) is 1. The summed E-state index contributed by atoms with van der Waals surface area (Å²) in [5.74, 6) is -0.681. The molecule has 2 rings (SSSR count). The van der Waals surface area contributed by atoms with E-state index < -0.39 is 12.6 Å². The molecule has 0 aromatic heterocycles. The van der Waals surface area contributed by atoms with Crippen molar-refractivity contribution < 1.29 is 28.9 Å². The van der Waals surface area contributed by atoms with Gasteiger partial charge in [0.05, 0.1) is 18.3 Å². The molecule has 7 nitrogen and oxygen atoms in total. The SMILES string of the molecule is CCOc1cc(C(=O)NCC2CCC(C)(C)O2)ccc1OCC(=O)O. The van der Waals surface area contributed by atoms with Gasteiger partial charge in [-0.15, -0.1) is 0 Å². The van der Waals surface area contributed by atoms with E-state index in [9.17, 15) is 9.59 Å². The minimum absolute atomic E-state index is 0.0171.